The summed E-state index contributed by atoms with van der Waals surface area (Å²) in [5, 5.41) is 3.35. The van der Waals surface area contributed by atoms with Crippen molar-refractivity contribution in [3.63, 3.8) is 0 Å². The molecule has 0 bridgehead atoms. The van der Waals surface area contributed by atoms with Crippen LogP contribution in [0.2, 0.25) is 5.15 Å². The minimum Gasteiger partial charge on any atom is -0.321 e. The Hall–Kier alpha value is -1.87. The first-order valence-electron chi connectivity index (χ1n) is 7.11. The van der Waals surface area contributed by atoms with E-state index in [2.05, 4.69) is 17.2 Å². The number of nitrogens with zero attached hydrogens (tertiary/aromatic N) is 1. The third-order valence-electron chi connectivity index (χ3n) is 3.45. The van der Waals surface area contributed by atoms with E-state index in [1.807, 2.05) is 32.0 Å². The lowest BCUT2D eigenvalue weighted by Crippen LogP contribution is -2.15. The Morgan fingerprint density at radius 1 is 1.24 bits per heavy atom. The number of nitrogens with one attached hydrogen (secondary N) is 1. The number of hydrogen-bond acceptors (Lipinski definition) is 2. The van der Waals surface area contributed by atoms with Gasteiger partial charge in [0.25, 0.3) is 5.91 Å². The average Bonchev–Trinajstić information content (AvgIpc) is 2.48. The first-order valence-corrected chi connectivity index (χ1v) is 7.49. The number of rotatable bonds is 4. The first-order chi connectivity index (χ1) is 10.0. The molecule has 3 nitrogen and oxygen atoms in total. The van der Waals surface area contributed by atoms with Crippen LogP contribution in [0.4, 0.5) is 5.69 Å². The van der Waals surface area contributed by atoms with Gasteiger partial charge in [0.15, 0.2) is 0 Å². The second kappa shape index (κ2) is 6.72. The number of carbonyl (C=O) groups excluding carboxylic acids is 1. The van der Waals surface area contributed by atoms with Gasteiger partial charge in [-0.3, -0.25) is 4.79 Å². The van der Waals surface area contributed by atoms with Gasteiger partial charge in [-0.15, -0.1) is 0 Å². The summed E-state index contributed by atoms with van der Waals surface area (Å²) in [7, 11) is 0. The summed E-state index contributed by atoms with van der Waals surface area (Å²) in [6, 6.07) is 9.40. The standard InChI is InChI=1S/C17H19ClN2O/c1-4-12-8-6-7-11(3)16(12)20-17(21)13-9-14(5-2)19-15(18)10-13/h6-10H,4-5H2,1-3H3,(H,20,21). The van der Waals surface area contributed by atoms with Crippen molar-refractivity contribution in [1.29, 1.82) is 0 Å². The Kier molecular flexibility index (Phi) is 4.97. The van der Waals surface area contributed by atoms with Crippen LogP contribution in [-0.2, 0) is 12.8 Å². The van der Waals surface area contributed by atoms with Gasteiger partial charge in [0, 0.05) is 16.9 Å². The molecule has 0 fully saturated rings. The molecular formula is C17H19ClN2O. The van der Waals surface area contributed by atoms with Gasteiger partial charge in [-0.1, -0.05) is 43.6 Å². The average molecular weight is 303 g/mol. The van der Waals surface area contributed by atoms with Crippen LogP contribution in [0, 0.1) is 6.92 Å². The van der Waals surface area contributed by atoms with E-state index in [0.29, 0.717) is 10.7 Å². The zero-order chi connectivity index (χ0) is 15.4. The number of anilines is 1. The lowest BCUT2D eigenvalue weighted by atomic mass is 10.1. The van der Waals surface area contributed by atoms with E-state index in [4.69, 9.17) is 11.6 Å². The molecule has 0 spiro atoms. The van der Waals surface area contributed by atoms with Gasteiger partial charge in [-0.05, 0) is 43.0 Å². The molecular weight excluding hydrogens is 284 g/mol. The summed E-state index contributed by atoms with van der Waals surface area (Å²) < 4.78 is 0. The van der Waals surface area contributed by atoms with Crippen molar-refractivity contribution in [2.45, 2.75) is 33.6 Å². The van der Waals surface area contributed by atoms with E-state index < -0.39 is 0 Å². The predicted octanol–water partition coefficient (Wildman–Crippen LogP) is 4.42. The monoisotopic (exact) mass is 302 g/mol. The van der Waals surface area contributed by atoms with Crippen LogP contribution in [-0.4, -0.2) is 10.9 Å². The largest absolute Gasteiger partial charge is 0.321 e. The van der Waals surface area contributed by atoms with E-state index in [9.17, 15) is 4.79 Å². The van der Waals surface area contributed by atoms with Gasteiger partial charge in [-0.25, -0.2) is 4.98 Å². The number of benzene rings is 1. The molecule has 1 amide bonds. The molecule has 0 aliphatic heterocycles. The number of amides is 1. The van der Waals surface area contributed by atoms with Gasteiger partial charge < -0.3 is 5.32 Å². The summed E-state index contributed by atoms with van der Waals surface area (Å²) >= 11 is 5.97. The van der Waals surface area contributed by atoms with Gasteiger partial charge in [-0.2, -0.15) is 0 Å². The van der Waals surface area contributed by atoms with Gasteiger partial charge in [0.05, 0.1) is 0 Å². The van der Waals surface area contributed by atoms with E-state index in [1.165, 1.54) is 0 Å². The number of halogens is 1. The van der Waals surface area contributed by atoms with Crippen molar-refractivity contribution in [3.8, 4) is 0 Å². The normalized spacial score (nSPS) is 10.5. The summed E-state index contributed by atoms with van der Waals surface area (Å²) in [6.07, 6.45) is 1.61. The van der Waals surface area contributed by atoms with E-state index in [1.54, 1.807) is 12.1 Å². The molecule has 0 saturated heterocycles. The minimum absolute atomic E-state index is 0.155. The minimum atomic E-state index is -0.155. The molecule has 1 heterocycles. The smallest absolute Gasteiger partial charge is 0.255 e. The molecule has 2 aromatic rings. The zero-order valence-electron chi connectivity index (χ0n) is 12.5. The second-order valence-corrected chi connectivity index (χ2v) is 5.33. The molecule has 0 atom stereocenters. The Bertz CT molecular complexity index is 668. The van der Waals surface area contributed by atoms with Crippen LogP contribution in [0.3, 0.4) is 0 Å². The fraction of sp³-hybridized carbons (Fsp3) is 0.294. The van der Waals surface area contributed by atoms with Crippen LogP contribution in [0.25, 0.3) is 0 Å². The lowest BCUT2D eigenvalue weighted by molar-refractivity contribution is 0.102. The van der Waals surface area contributed by atoms with Gasteiger partial charge in [0.2, 0.25) is 0 Å². The maximum Gasteiger partial charge on any atom is 0.255 e. The van der Waals surface area contributed by atoms with Crippen molar-refractivity contribution in [2.24, 2.45) is 0 Å². The SMILES string of the molecule is CCc1cc(C(=O)Nc2c(C)cccc2CC)cc(Cl)n1. The third kappa shape index (κ3) is 3.61. The maximum atomic E-state index is 12.5. The van der Waals surface area contributed by atoms with E-state index in [0.717, 1.165) is 35.3 Å². The fourth-order valence-electron chi connectivity index (χ4n) is 2.25. The second-order valence-electron chi connectivity index (χ2n) is 4.94. The third-order valence-corrected chi connectivity index (χ3v) is 3.64. The fourth-order valence-corrected chi connectivity index (χ4v) is 2.48. The first kappa shape index (κ1) is 15.5. The summed E-state index contributed by atoms with van der Waals surface area (Å²) in [6.45, 7) is 6.05. The maximum absolute atomic E-state index is 12.5. The van der Waals surface area contributed by atoms with Crippen molar-refractivity contribution >= 4 is 23.2 Å². The zero-order valence-corrected chi connectivity index (χ0v) is 13.3. The molecule has 21 heavy (non-hydrogen) atoms. The topological polar surface area (TPSA) is 42.0 Å². The number of aromatic nitrogens is 1. The lowest BCUT2D eigenvalue weighted by Gasteiger charge is -2.13. The summed E-state index contributed by atoms with van der Waals surface area (Å²) in [5.41, 5.74) is 4.42. The molecule has 0 aliphatic rings. The Morgan fingerprint density at radius 2 is 2.00 bits per heavy atom. The Labute approximate surface area is 130 Å². The molecule has 110 valence electrons. The van der Waals surface area contributed by atoms with E-state index in [-0.39, 0.29) is 5.91 Å². The highest BCUT2D eigenvalue weighted by Gasteiger charge is 2.12. The molecule has 2 rings (SSSR count). The Morgan fingerprint density at radius 3 is 2.67 bits per heavy atom. The van der Waals surface area contributed by atoms with E-state index >= 15 is 0 Å². The quantitative estimate of drug-likeness (QED) is 0.849. The molecule has 0 unspecified atom stereocenters. The van der Waals surface area contributed by atoms with Gasteiger partial charge >= 0.3 is 0 Å². The number of aryl methyl sites for hydroxylation is 3. The van der Waals surface area contributed by atoms with Crippen LogP contribution in [0.5, 0.6) is 0 Å². The highest BCUT2D eigenvalue weighted by molar-refractivity contribution is 6.29. The van der Waals surface area contributed by atoms with Crippen molar-refractivity contribution in [2.75, 3.05) is 5.32 Å². The van der Waals surface area contributed by atoms with Gasteiger partial charge in [0.1, 0.15) is 5.15 Å². The molecule has 1 N–H and O–H groups in total. The van der Waals surface area contributed by atoms with Crippen LogP contribution in [0.1, 0.15) is 41.0 Å². The molecule has 1 aromatic carbocycles. The predicted molar refractivity (Wildman–Crippen MR) is 87.1 cm³/mol. The number of para-hydroxylation sites is 1. The highest BCUT2D eigenvalue weighted by atomic mass is 35.5. The summed E-state index contributed by atoms with van der Waals surface area (Å²) in [5.74, 6) is -0.155. The molecule has 4 heteroatoms. The molecule has 0 aliphatic carbocycles. The van der Waals surface area contributed by atoms with Crippen LogP contribution >= 0.6 is 11.6 Å². The molecule has 1 aromatic heterocycles. The van der Waals surface area contributed by atoms with Crippen molar-refractivity contribution in [3.05, 3.63) is 57.9 Å². The summed E-state index contributed by atoms with van der Waals surface area (Å²) in [4.78, 5) is 16.6. The van der Waals surface area contributed by atoms with Crippen LogP contribution in [0.15, 0.2) is 30.3 Å². The highest BCUT2D eigenvalue weighted by Crippen LogP contribution is 2.22. The number of pyridine rings is 1. The van der Waals surface area contributed by atoms with Crippen molar-refractivity contribution in [1.82, 2.24) is 4.98 Å². The molecule has 0 saturated carbocycles. The Balaban J connectivity index is 2.32. The number of hydrogen-bond donors (Lipinski definition) is 1. The van der Waals surface area contributed by atoms with Crippen LogP contribution < -0.4 is 5.32 Å². The number of carbonyl (C=O) groups is 1. The van der Waals surface area contributed by atoms with Crippen molar-refractivity contribution < 1.29 is 4.79 Å². The molecule has 0 radical (unpaired) electrons.